The number of amides is 2. The van der Waals surface area contributed by atoms with E-state index in [9.17, 15) is 13.2 Å². The fourth-order valence-corrected chi connectivity index (χ4v) is 6.19. The number of fused-ring (bicyclic) bond motifs is 1. The first-order chi connectivity index (χ1) is 12.7. The number of carbonyl (C=O) groups is 1. The second-order valence-electron chi connectivity index (χ2n) is 7.82. The molecule has 2 heterocycles. The van der Waals surface area contributed by atoms with Crippen molar-refractivity contribution < 1.29 is 13.2 Å². The number of aryl methyl sites for hydroxylation is 3. The highest BCUT2D eigenvalue weighted by atomic mass is 32.2. The second-order valence-corrected chi connectivity index (χ2v) is 9.98. The quantitative estimate of drug-likeness (QED) is 0.764. The van der Waals surface area contributed by atoms with Crippen molar-refractivity contribution >= 4 is 21.6 Å². The summed E-state index contributed by atoms with van der Waals surface area (Å²) in [6, 6.07) is 13.3. The SMILES string of the molecule is Cc1ccc(CN2C(=O)N(c3cc(C)cc(C)c3)[C@H]3CS(=O)(=O)C[C@@H]32)cc1. The van der Waals surface area contributed by atoms with Gasteiger partial charge in [0, 0.05) is 12.2 Å². The summed E-state index contributed by atoms with van der Waals surface area (Å²) in [6.07, 6.45) is 0. The third kappa shape index (κ3) is 3.34. The van der Waals surface area contributed by atoms with E-state index in [0.29, 0.717) is 6.54 Å². The molecule has 6 heteroatoms. The molecule has 0 bridgehead atoms. The van der Waals surface area contributed by atoms with E-state index in [-0.39, 0.29) is 29.6 Å². The molecule has 0 unspecified atom stereocenters. The molecule has 2 aromatic carbocycles. The van der Waals surface area contributed by atoms with Crippen molar-refractivity contribution in [3.8, 4) is 0 Å². The molecule has 2 aliphatic rings. The first-order valence-corrected chi connectivity index (χ1v) is 11.0. The summed E-state index contributed by atoms with van der Waals surface area (Å²) in [5.41, 5.74) is 5.08. The van der Waals surface area contributed by atoms with Crippen LogP contribution in [0.1, 0.15) is 22.3 Å². The molecule has 2 atom stereocenters. The molecule has 0 aliphatic carbocycles. The molecular formula is C21H24N2O3S. The molecule has 2 saturated heterocycles. The summed E-state index contributed by atoms with van der Waals surface area (Å²) in [5, 5.41) is 0. The van der Waals surface area contributed by atoms with Gasteiger partial charge in [0.1, 0.15) is 0 Å². The summed E-state index contributed by atoms with van der Waals surface area (Å²) in [4.78, 5) is 16.7. The number of benzene rings is 2. The van der Waals surface area contributed by atoms with E-state index in [1.807, 2.05) is 57.2 Å². The van der Waals surface area contributed by atoms with Crippen LogP contribution in [-0.2, 0) is 16.4 Å². The van der Waals surface area contributed by atoms with Crippen LogP contribution in [0.2, 0.25) is 0 Å². The third-order valence-corrected chi connectivity index (χ3v) is 7.13. The normalized spacial score (nSPS) is 23.7. The van der Waals surface area contributed by atoms with E-state index >= 15 is 0 Å². The van der Waals surface area contributed by atoms with Gasteiger partial charge in [-0.3, -0.25) is 4.90 Å². The van der Waals surface area contributed by atoms with Gasteiger partial charge >= 0.3 is 6.03 Å². The molecular weight excluding hydrogens is 360 g/mol. The highest BCUT2D eigenvalue weighted by Gasteiger charge is 2.53. The minimum atomic E-state index is -3.16. The van der Waals surface area contributed by atoms with Gasteiger partial charge in [-0.15, -0.1) is 0 Å². The number of nitrogens with zero attached hydrogens (tertiary/aromatic N) is 2. The van der Waals surface area contributed by atoms with Crippen LogP contribution in [0, 0.1) is 20.8 Å². The lowest BCUT2D eigenvalue weighted by Gasteiger charge is -2.23. The standard InChI is InChI=1S/C21H24N2O3S/c1-14-4-6-17(7-5-14)11-22-19-12-27(25,26)13-20(19)23(21(22)24)18-9-15(2)8-16(3)10-18/h4-10,19-20H,11-13H2,1-3H3/t19-,20-/m0/s1. The molecule has 4 rings (SSSR count). The molecule has 0 spiro atoms. The van der Waals surface area contributed by atoms with Gasteiger partial charge in [-0.25, -0.2) is 13.2 Å². The second kappa shape index (κ2) is 6.37. The zero-order valence-electron chi connectivity index (χ0n) is 15.8. The molecule has 0 saturated carbocycles. The van der Waals surface area contributed by atoms with Gasteiger partial charge in [0.25, 0.3) is 0 Å². The Morgan fingerprint density at radius 2 is 1.48 bits per heavy atom. The van der Waals surface area contributed by atoms with E-state index in [4.69, 9.17) is 0 Å². The van der Waals surface area contributed by atoms with Crippen molar-refractivity contribution in [3.63, 3.8) is 0 Å². The average Bonchev–Trinajstić information content (AvgIpc) is 2.99. The molecule has 0 radical (unpaired) electrons. The Labute approximate surface area is 160 Å². The molecule has 27 heavy (non-hydrogen) atoms. The smallest absolute Gasteiger partial charge is 0.314 e. The van der Waals surface area contributed by atoms with Gasteiger partial charge in [-0.05, 0) is 49.6 Å². The number of urea groups is 1. The Bertz CT molecular complexity index is 978. The van der Waals surface area contributed by atoms with E-state index in [1.165, 1.54) is 0 Å². The predicted octanol–water partition coefficient (Wildman–Crippen LogP) is 3.22. The summed E-state index contributed by atoms with van der Waals surface area (Å²) >= 11 is 0. The minimum Gasteiger partial charge on any atom is -0.314 e. The molecule has 2 amide bonds. The maximum absolute atomic E-state index is 13.3. The fraction of sp³-hybridized carbons (Fsp3) is 0.381. The summed E-state index contributed by atoms with van der Waals surface area (Å²) in [7, 11) is -3.16. The molecule has 2 aliphatic heterocycles. The van der Waals surface area contributed by atoms with Gasteiger partial charge in [0.2, 0.25) is 0 Å². The van der Waals surface area contributed by atoms with Crippen LogP contribution in [0.3, 0.4) is 0 Å². The zero-order chi connectivity index (χ0) is 19.3. The van der Waals surface area contributed by atoms with Gasteiger partial charge in [-0.2, -0.15) is 0 Å². The number of carbonyl (C=O) groups excluding carboxylic acids is 1. The van der Waals surface area contributed by atoms with Crippen molar-refractivity contribution in [1.82, 2.24) is 4.90 Å². The first kappa shape index (κ1) is 18.0. The Balaban J connectivity index is 1.72. The van der Waals surface area contributed by atoms with Crippen LogP contribution in [0.5, 0.6) is 0 Å². The maximum atomic E-state index is 13.3. The summed E-state index contributed by atoms with van der Waals surface area (Å²) in [5.74, 6) is 0.0668. The van der Waals surface area contributed by atoms with Crippen molar-refractivity contribution in [3.05, 3.63) is 64.7 Å². The molecule has 142 valence electrons. The van der Waals surface area contributed by atoms with E-state index in [2.05, 4.69) is 6.07 Å². The van der Waals surface area contributed by atoms with Gasteiger partial charge in [0.05, 0.1) is 23.6 Å². The molecule has 0 aromatic heterocycles. The Morgan fingerprint density at radius 3 is 2.11 bits per heavy atom. The minimum absolute atomic E-state index is 0.0286. The summed E-state index contributed by atoms with van der Waals surface area (Å²) < 4.78 is 24.7. The predicted molar refractivity (Wildman–Crippen MR) is 107 cm³/mol. The van der Waals surface area contributed by atoms with Crippen molar-refractivity contribution in [2.75, 3.05) is 16.4 Å². The van der Waals surface area contributed by atoms with Crippen molar-refractivity contribution in [2.24, 2.45) is 0 Å². The lowest BCUT2D eigenvalue weighted by atomic mass is 10.1. The molecule has 0 N–H and O–H groups in total. The number of hydrogen-bond donors (Lipinski definition) is 0. The number of hydrogen-bond acceptors (Lipinski definition) is 3. The largest absolute Gasteiger partial charge is 0.325 e. The van der Waals surface area contributed by atoms with E-state index in [0.717, 1.165) is 27.9 Å². The number of sulfone groups is 1. The van der Waals surface area contributed by atoms with E-state index < -0.39 is 9.84 Å². The topological polar surface area (TPSA) is 57.7 Å². The van der Waals surface area contributed by atoms with Crippen molar-refractivity contribution in [1.29, 1.82) is 0 Å². The maximum Gasteiger partial charge on any atom is 0.325 e. The van der Waals surface area contributed by atoms with Crippen LogP contribution in [0.25, 0.3) is 0 Å². The van der Waals surface area contributed by atoms with Crippen molar-refractivity contribution in [2.45, 2.75) is 39.4 Å². The Morgan fingerprint density at radius 1 is 0.889 bits per heavy atom. The Hall–Kier alpha value is -2.34. The highest BCUT2D eigenvalue weighted by molar-refractivity contribution is 7.91. The highest BCUT2D eigenvalue weighted by Crippen LogP contribution is 2.36. The number of anilines is 1. The van der Waals surface area contributed by atoms with Gasteiger partial charge < -0.3 is 4.90 Å². The zero-order valence-corrected chi connectivity index (χ0v) is 16.7. The lowest BCUT2D eigenvalue weighted by Crippen LogP contribution is -2.37. The van der Waals surface area contributed by atoms with Crippen LogP contribution in [0.4, 0.5) is 10.5 Å². The monoisotopic (exact) mass is 384 g/mol. The van der Waals surface area contributed by atoms with E-state index in [1.54, 1.807) is 9.80 Å². The Kier molecular flexibility index (Phi) is 4.26. The van der Waals surface area contributed by atoms with Crippen LogP contribution in [-0.4, -0.2) is 42.9 Å². The number of rotatable bonds is 3. The fourth-order valence-electron chi connectivity index (χ4n) is 4.24. The lowest BCUT2D eigenvalue weighted by molar-refractivity contribution is 0.206. The van der Waals surface area contributed by atoms with Gasteiger partial charge in [0.15, 0.2) is 9.84 Å². The third-order valence-electron chi connectivity index (χ3n) is 5.44. The average molecular weight is 385 g/mol. The summed E-state index contributed by atoms with van der Waals surface area (Å²) in [6.45, 7) is 6.43. The molecule has 2 aromatic rings. The van der Waals surface area contributed by atoms with Crippen LogP contribution >= 0.6 is 0 Å². The first-order valence-electron chi connectivity index (χ1n) is 9.18. The van der Waals surface area contributed by atoms with Crippen LogP contribution in [0.15, 0.2) is 42.5 Å². The molecule has 5 nitrogen and oxygen atoms in total. The van der Waals surface area contributed by atoms with Crippen LogP contribution < -0.4 is 4.90 Å². The van der Waals surface area contributed by atoms with Gasteiger partial charge in [-0.1, -0.05) is 35.9 Å². The molecule has 2 fully saturated rings.